The number of phenols is 1. The van der Waals surface area contributed by atoms with Gasteiger partial charge < -0.3 is 15.6 Å². The molecule has 0 bridgehead atoms. The number of methoxy groups -OCH3 is 1. The third-order valence-corrected chi connectivity index (χ3v) is 4.28. The predicted octanol–water partition coefficient (Wildman–Crippen LogP) is 3.35. The number of ether oxygens (including phenoxy) is 1. The summed E-state index contributed by atoms with van der Waals surface area (Å²) in [6.45, 7) is 0. The number of halogens is 1. The molecule has 0 amide bonds. The van der Waals surface area contributed by atoms with Gasteiger partial charge in [0.05, 0.1) is 7.11 Å². The summed E-state index contributed by atoms with van der Waals surface area (Å²) < 4.78 is 5.98. The van der Waals surface area contributed by atoms with Gasteiger partial charge in [-0.1, -0.05) is 28.8 Å². The normalized spacial score (nSPS) is 18.3. The first-order valence-electron chi connectivity index (χ1n) is 5.96. The van der Waals surface area contributed by atoms with E-state index in [-0.39, 0.29) is 11.8 Å². The first-order chi connectivity index (χ1) is 8.15. The molecular formula is C13H18BrNO2. The van der Waals surface area contributed by atoms with Crippen molar-refractivity contribution in [1.29, 1.82) is 0 Å². The van der Waals surface area contributed by atoms with E-state index in [9.17, 15) is 5.11 Å². The summed E-state index contributed by atoms with van der Waals surface area (Å²) >= 11 is 3.46. The molecule has 1 fully saturated rings. The molecule has 0 radical (unpaired) electrons. The minimum atomic E-state index is -0.123. The Labute approximate surface area is 110 Å². The molecule has 0 heterocycles. The van der Waals surface area contributed by atoms with Crippen LogP contribution in [-0.4, -0.2) is 12.2 Å². The Morgan fingerprint density at radius 3 is 2.65 bits per heavy atom. The fraction of sp³-hybridized carbons (Fsp3) is 0.538. The predicted molar refractivity (Wildman–Crippen MR) is 71.2 cm³/mol. The highest BCUT2D eigenvalue weighted by Gasteiger charge is 2.27. The lowest BCUT2D eigenvalue weighted by Crippen LogP contribution is -2.19. The van der Waals surface area contributed by atoms with E-state index in [1.54, 1.807) is 13.2 Å². The minimum Gasteiger partial charge on any atom is -0.504 e. The highest BCUT2D eigenvalue weighted by atomic mass is 79.9. The van der Waals surface area contributed by atoms with Crippen molar-refractivity contribution < 1.29 is 9.84 Å². The Balaban J connectivity index is 2.35. The van der Waals surface area contributed by atoms with Gasteiger partial charge in [0.25, 0.3) is 0 Å². The van der Waals surface area contributed by atoms with E-state index in [1.807, 2.05) is 6.07 Å². The SMILES string of the molecule is COc1ccc(Br)c([C@@H](N)C2CCCC2)c1O. The van der Waals surface area contributed by atoms with Crippen molar-refractivity contribution in [1.82, 2.24) is 0 Å². The first-order valence-corrected chi connectivity index (χ1v) is 6.75. The molecule has 0 unspecified atom stereocenters. The second-order valence-corrected chi connectivity index (χ2v) is 5.44. The van der Waals surface area contributed by atoms with E-state index in [4.69, 9.17) is 10.5 Å². The average molecular weight is 300 g/mol. The van der Waals surface area contributed by atoms with Crippen LogP contribution in [0.4, 0.5) is 0 Å². The summed E-state index contributed by atoms with van der Waals surface area (Å²) in [4.78, 5) is 0. The number of hydrogen-bond donors (Lipinski definition) is 2. The van der Waals surface area contributed by atoms with E-state index in [0.717, 1.165) is 22.9 Å². The van der Waals surface area contributed by atoms with Gasteiger partial charge in [0.1, 0.15) is 0 Å². The van der Waals surface area contributed by atoms with E-state index in [0.29, 0.717) is 11.7 Å². The number of hydrogen-bond acceptors (Lipinski definition) is 3. The maximum absolute atomic E-state index is 10.2. The molecule has 1 aromatic carbocycles. The molecule has 1 aliphatic carbocycles. The summed E-state index contributed by atoms with van der Waals surface area (Å²) in [5.74, 6) is 1.11. The van der Waals surface area contributed by atoms with Crippen molar-refractivity contribution in [2.75, 3.05) is 7.11 Å². The van der Waals surface area contributed by atoms with Gasteiger partial charge in [0, 0.05) is 16.1 Å². The first kappa shape index (κ1) is 12.7. The molecule has 1 aliphatic rings. The van der Waals surface area contributed by atoms with Crippen molar-refractivity contribution in [2.24, 2.45) is 11.7 Å². The summed E-state index contributed by atoms with van der Waals surface area (Å²) in [6, 6.07) is 3.49. The quantitative estimate of drug-likeness (QED) is 0.900. The Morgan fingerprint density at radius 1 is 1.41 bits per heavy atom. The molecule has 2 rings (SSSR count). The third kappa shape index (κ3) is 2.43. The number of phenolic OH excluding ortho intramolecular Hbond substituents is 1. The molecule has 0 aliphatic heterocycles. The zero-order valence-electron chi connectivity index (χ0n) is 9.95. The fourth-order valence-corrected chi connectivity index (χ4v) is 3.18. The molecule has 1 saturated carbocycles. The van der Waals surface area contributed by atoms with Crippen LogP contribution in [0.5, 0.6) is 11.5 Å². The average Bonchev–Trinajstić information content (AvgIpc) is 2.82. The van der Waals surface area contributed by atoms with E-state index in [1.165, 1.54) is 12.8 Å². The smallest absolute Gasteiger partial charge is 0.163 e. The second-order valence-electron chi connectivity index (χ2n) is 4.58. The Hall–Kier alpha value is -0.740. The van der Waals surface area contributed by atoms with Gasteiger partial charge in [-0.05, 0) is 30.9 Å². The van der Waals surface area contributed by atoms with Gasteiger partial charge in [-0.15, -0.1) is 0 Å². The van der Waals surface area contributed by atoms with Crippen LogP contribution in [0.2, 0.25) is 0 Å². The lowest BCUT2D eigenvalue weighted by molar-refractivity contribution is 0.359. The van der Waals surface area contributed by atoms with Gasteiger partial charge >= 0.3 is 0 Å². The molecule has 1 atom stereocenters. The Morgan fingerprint density at radius 2 is 2.06 bits per heavy atom. The van der Waals surface area contributed by atoms with Crippen molar-refractivity contribution in [3.8, 4) is 11.5 Å². The maximum Gasteiger partial charge on any atom is 0.163 e. The van der Waals surface area contributed by atoms with E-state index < -0.39 is 0 Å². The Kier molecular flexibility index (Phi) is 3.94. The van der Waals surface area contributed by atoms with E-state index >= 15 is 0 Å². The van der Waals surface area contributed by atoms with Crippen LogP contribution in [0.25, 0.3) is 0 Å². The summed E-state index contributed by atoms with van der Waals surface area (Å²) in [5, 5.41) is 10.2. The van der Waals surface area contributed by atoms with Crippen molar-refractivity contribution in [2.45, 2.75) is 31.7 Å². The van der Waals surface area contributed by atoms with Crippen molar-refractivity contribution in [3.05, 3.63) is 22.2 Å². The highest BCUT2D eigenvalue weighted by molar-refractivity contribution is 9.10. The largest absolute Gasteiger partial charge is 0.504 e. The fourth-order valence-electron chi connectivity index (χ4n) is 2.60. The molecule has 0 aromatic heterocycles. The lowest BCUT2D eigenvalue weighted by Gasteiger charge is -2.22. The summed E-state index contributed by atoms with van der Waals surface area (Å²) in [6.07, 6.45) is 4.76. The standard InChI is InChI=1S/C13H18BrNO2/c1-17-10-7-6-9(14)11(13(10)16)12(15)8-4-2-3-5-8/h6-8,12,16H,2-5,15H2,1H3/t12-/m0/s1. The molecule has 94 valence electrons. The van der Waals surface area contributed by atoms with Crippen LogP contribution in [0.3, 0.4) is 0 Å². The lowest BCUT2D eigenvalue weighted by atomic mass is 9.92. The number of nitrogens with two attached hydrogens (primary N) is 1. The number of benzene rings is 1. The van der Waals surface area contributed by atoms with Gasteiger partial charge in [-0.2, -0.15) is 0 Å². The molecular weight excluding hydrogens is 282 g/mol. The van der Waals surface area contributed by atoms with Gasteiger partial charge in [0.2, 0.25) is 0 Å². The van der Waals surface area contributed by atoms with Crippen LogP contribution in [0, 0.1) is 5.92 Å². The van der Waals surface area contributed by atoms with Crippen LogP contribution < -0.4 is 10.5 Å². The van der Waals surface area contributed by atoms with E-state index in [2.05, 4.69) is 15.9 Å². The molecule has 3 nitrogen and oxygen atoms in total. The maximum atomic E-state index is 10.2. The van der Waals surface area contributed by atoms with Gasteiger partial charge in [0.15, 0.2) is 11.5 Å². The molecule has 17 heavy (non-hydrogen) atoms. The molecule has 4 heteroatoms. The number of rotatable bonds is 3. The van der Waals surface area contributed by atoms with Crippen LogP contribution in [0.15, 0.2) is 16.6 Å². The van der Waals surface area contributed by atoms with Crippen molar-refractivity contribution >= 4 is 15.9 Å². The van der Waals surface area contributed by atoms with Crippen molar-refractivity contribution in [3.63, 3.8) is 0 Å². The zero-order chi connectivity index (χ0) is 12.4. The molecule has 1 aromatic rings. The van der Waals surface area contributed by atoms with Crippen LogP contribution >= 0.6 is 15.9 Å². The molecule has 0 spiro atoms. The second kappa shape index (κ2) is 5.27. The van der Waals surface area contributed by atoms with Gasteiger partial charge in [-0.25, -0.2) is 0 Å². The number of aromatic hydroxyl groups is 1. The minimum absolute atomic E-state index is 0.123. The van der Waals surface area contributed by atoms with Crippen LogP contribution in [-0.2, 0) is 0 Å². The highest BCUT2D eigenvalue weighted by Crippen LogP contribution is 2.43. The monoisotopic (exact) mass is 299 g/mol. The zero-order valence-corrected chi connectivity index (χ0v) is 11.5. The summed E-state index contributed by atoms with van der Waals surface area (Å²) in [7, 11) is 1.55. The third-order valence-electron chi connectivity index (χ3n) is 3.59. The summed E-state index contributed by atoms with van der Waals surface area (Å²) in [5.41, 5.74) is 7.05. The topological polar surface area (TPSA) is 55.5 Å². The van der Waals surface area contributed by atoms with Crippen LogP contribution in [0.1, 0.15) is 37.3 Å². The molecule has 3 N–H and O–H groups in total. The Bertz CT molecular complexity index is 403. The van der Waals surface area contributed by atoms with Gasteiger partial charge in [-0.3, -0.25) is 0 Å². The molecule has 0 saturated heterocycles.